The van der Waals surface area contributed by atoms with Gasteiger partial charge in [-0.2, -0.15) is 0 Å². The summed E-state index contributed by atoms with van der Waals surface area (Å²) in [6.07, 6.45) is 13.5. The number of aldehydes is 1. The van der Waals surface area contributed by atoms with E-state index in [-0.39, 0.29) is 5.04 Å². The first-order chi connectivity index (χ1) is 10.2. The molecule has 0 spiro atoms. The van der Waals surface area contributed by atoms with E-state index >= 15 is 0 Å². The molecule has 0 N–H and O–H groups in total. The quantitative estimate of drug-likeness (QED) is 0.442. The number of hydrogen-bond donors (Lipinski definition) is 0. The number of rotatable bonds is 3. The van der Waals surface area contributed by atoms with Crippen LogP contribution >= 0.6 is 0 Å². The van der Waals surface area contributed by atoms with Gasteiger partial charge in [-0.25, -0.2) is 0 Å². The monoisotopic (exact) mass is 314 g/mol. The topological polar surface area (TPSA) is 26.3 Å². The molecule has 0 heterocycles. The van der Waals surface area contributed by atoms with Crippen LogP contribution in [0, 0.1) is 24.2 Å². The smallest absolute Gasteiger partial charge is 0.194 e. The van der Waals surface area contributed by atoms with Gasteiger partial charge in [0.15, 0.2) is 8.32 Å². The third-order valence-electron chi connectivity index (χ3n) is 4.42. The first-order valence-corrected chi connectivity index (χ1v) is 10.5. The van der Waals surface area contributed by atoms with Crippen LogP contribution in [0.15, 0.2) is 23.8 Å². The maximum Gasteiger partial charge on any atom is 0.194 e. The summed E-state index contributed by atoms with van der Waals surface area (Å²) in [5.41, 5.74) is 0.201. The van der Waals surface area contributed by atoms with Gasteiger partial charge in [-0.3, -0.25) is 4.79 Å². The Balaban J connectivity index is 3.15. The van der Waals surface area contributed by atoms with Crippen LogP contribution in [0.25, 0.3) is 0 Å². The van der Waals surface area contributed by atoms with Gasteiger partial charge in [0.2, 0.25) is 0 Å². The van der Waals surface area contributed by atoms with Gasteiger partial charge < -0.3 is 4.43 Å². The van der Waals surface area contributed by atoms with Crippen LogP contribution in [0.1, 0.15) is 40.0 Å². The van der Waals surface area contributed by atoms with Gasteiger partial charge in [0.05, 0.1) is 0 Å². The van der Waals surface area contributed by atoms with Crippen molar-refractivity contribution >= 4 is 14.6 Å². The fourth-order valence-electron chi connectivity index (χ4n) is 2.19. The highest BCUT2D eigenvalue weighted by atomic mass is 28.4. The molecular formula is C19H26O2Si. The van der Waals surface area contributed by atoms with Crippen LogP contribution in [0.3, 0.4) is 0 Å². The minimum Gasteiger partial charge on any atom is -0.400 e. The van der Waals surface area contributed by atoms with Crippen molar-refractivity contribution in [3.8, 4) is 24.2 Å². The van der Waals surface area contributed by atoms with Crippen molar-refractivity contribution in [1.29, 1.82) is 0 Å². The van der Waals surface area contributed by atoms with Crippen LogP contribution in [0.4, 0.5) is 0 Å². The van der Waals surface area contributed by atoms with E-state index in [0.29, 0.717) is 6.42 Å². The molecule has 0 radical (unpaired) electrons. The van der Waals surface area contributed by atoms with E-state index in [1.807, 2.05) is 6.08 Å². The normalized spacial score (nSPS) is 22.5. The predicted octanol–water partition coefficient (Wildman–Crippen LogP) is 4.25. The zero-order valence-electron chi connectivity index (χ0n) is 14.3. The Morgan fingerprint density at radius 1 is 1.36 bits per heavy atom. The lowest BCUT2D eigenvalue weighted by Gasteiger charge is -2.44. The van der Waals surface area contributed by atoms with Crippen LogP contribution in [-0.2, 0) is 9.22 Å². The van der Waals surface area contributed by atoms with Crippen molar-refractivity contribution in [2.45, 2.75) is 63.8 Å². The Morgan fingerprint density at radius 3 is 2.59 bits per heavy atom. The molecule has 0 aromatic carbocycles. The average molecular weight is 315 g/mol. The van der Waals surface area contributed by atoms with E-state index in [0.717, 1.165) is 24.7 Å². The highest BCUT2D eigenvalue weighted by Crippen LogP contribution is 2.42. The number of carbonyl (C=O) groups is 1. The molecule has 1 aliphatic rings. The van der Waals surface area contributed by atoms with Gasteiger partial charge in [-0.15, -0.1) is 6.42 Å². The van der Waals surface area contributed by atoms with Crippen molar-refractivity contribution in [2.24, 2.45) is 0 Å². The lowest BCUT2D eigenvalue weighted by Crippen LogP contribution is -2.50. The van der Waals surface area contributed by atoms with E-state index in [2.05, 4.69) is 51.6 Å². The highest BCUT2D eigenvalue weighted by Gasteiger charge is 2.45. The first-order valence-electron chi connectivity index (χ1n) is 7.64. The van der Waals surface area contributed by atoms with Crippen molar-refractivity contribution in [3.05, 3.63) is 23.8 Å². The van der Waals surface area contributed by atoms with Crippen molar-refractivity contribution in [1.82, 2.24) is 0 Å². The van der Waals surface area contributed by atoms with E-state index in [1.165, 1.54) is 0 Å². The second-order valence-corrected chi connectivity index (χ2v) is 12.0. The van der Waals surface area contributed by atoms with E-state index in [9.17, 15) is 4.79 Å². The van der Waals surface area contributed by atoms with Crippen LogP contribution in [0.2, 0.25) is 18.1 Å². The Kier molecular flexibility index (Phi) is 6.00. The molecule has 0 saturated heterocycles. The zero-order chi connectivity index (χ0) is 16.9. The molecular weight excluding hydrogens is 288 g/mol. The Bertz CT molecular complexity index is 573. The Labute approximate surface area is 136 Å². The SMILES string of the molecule is C#C/C=C\C#CC1(O[Si](C)(C)C(C)(C)C)CCC=C(C=O)C1. The maximum absolute atomic E-state index is 11.2. The molecule has 1 unspecified atom stereocenters. The Hall–Kier alpha value is -1.55. The molecule has 0 aromatic rings. The molecule has 1 rings (SSSR count). The number of carbonyl (C=O) groups excluding carboxylic acids is 1. The molecule has 0 aromatic heterocycles. The number of allylic oxidation sites excluding steroid dienone is 3. The van der Waals surface area contributed by atoms with Gasteiger partial charge in [-0.05, 0) is 48.7 Å². The van der Waals surface area contributed by atoms with E-state index in [4.69, 9.17) is 10.8 Å². The fourth-order valence-corrected chi connectivity index (χ4v) is 3.70. The summed E-state index contributed by atoms with van der Waals surface area (Å²) in [6.45, 7) is 11.0. The summed E-state index contributed by atoms with van der Waals surface area (Å²) in [5, 5.41) is 0.0961. The lowest BCUT2D eigenvalue weighted by atomic mass is 9.85. The number of hydrogen-bond acceptors (Lipinski definition) is 2. The van der Waals surface area contributed by atoms with E-state index in [1.54, 1.807) is 12.2 Å². The second-order valence-electron chi connectivity index (χ2n) is 7.24. The predicted molar refractivity (Wildman–Crippen MR) is 94.8 cm³/mol. The van der Waals surface area contributed by atoms with Crippen LogP contribution in [-0.4, -0.2) is 20.2 Å². The highest BCUT2D eigenvalue weighted by molar-refractivity contribution is 6.74. The molecule has 22 heavy (non-hydrogen) atoms. The number of terminal acetylenes is 1. The standard InChI is InChI=1S/C19H26O2Si/c1-7-8-9-10-13-19(14-11-12-17(15-19)16-20)21-22(5,6)18(2,3)4/h1,8-9,12,16H,11,14-15H2,2-6H3/b9-8-. The van der Waals surface area contributed by atoms with Gasteiger partial charge in [0.25, 0.3) is 0 Å². The molecule has 0 fully saturated rings. The largest absolute Gasteiger partial charge is 0.400 e. The van der Waals surface area contributed by atoms with Crippen molar-refractivity contribution < 1.29 is 9.22 Å². The summed E-state index contributed by atoms with van der Waals surface area (Å²) < 4.78 is 6.62. The summed E-state index contributed by atoms with van der Waals surface area (Å²) in [4.78, 5) is 11.2. The lowest BCUT2D eigenvalue weighted by molar-refractivity contribution is -0.105. The summed E-state index contributed by atoms with van der Waals surface area (Å²) in [6, 6.07) is 0. The maximum atomic E-state index is 11.2. The molecule has 1 atom stereocenters. The summed E-state index contributed by atoms with van der Waals surface area (Å²) >= 11 is 0. The van der Waals surface area contributed by atoms with Crippen LogP contribution < -0.4 is 0 Å². The third-order valence-corrected chi connectivity index (χ3v) is 8.93. The Morgan fingerprint density at radius 2 is 2.05 bits per heavy atom. The minimum atomic E-state index is -1.99. The molecule has 0 aliphatic heterocycles. The van der Waals surface area contributed by atoms with Gasteiger partial charge in [0.1, 0.15) is 11.9 Å². The molecule has 1 aliphatic carbocycles. The molecule has 0 amide bonds. The average Bonchev–Trinajstić information content (AvgIpc) is 2.42. The first kappa shape index (κ1) is 18.5. The second kappa shape index (κ2) is 7.14. The zero-order valence-corrected chi connectivity index (χ0v) is 15.3. The minimum absolute atomic E-state index is 0.0961. The molecule has 0 bridgehead atoms. The van der Waals surface area contributed by atoms with Gasteiger partial charge in [0, 0.05) is 6.42 Å². The van der Waals surface area contributed by atoms with Crippen molar-refractivity contribution in [2.75, 3.05) is 0 Å². The molecule has 118 valence electrons. The van der Waals surface area contributed by atoms with Gasteiger partial charge >= 0.3 is 0 Å². The molecule has 3 heteroatoms. The summed E-state index contributed by atoms with van der Waals surface area (Å²) in [5.74, 6) is 8.67. The molecule has 2 nitrogen and oxygen atoms in total. The third kappa shape index (κ3) is 4.73. The van der Waals surface area contributed by atoms with Crippen LogP contribution in [0.5, 0.6) is 0 Å². The van der Waals surface area contributed by atoms with Crippen molar-refractivity contribution in [3.63, 3.8) is 0 Å². The van der Waals surface area contributed by atoms with E-state index < -0.39 is 13.9 Å². The molecule has 0 saturated carbocycles. The van der Waals surface area contributed by atoms with Gasteiger partial charge in [-0.1, -0.05) is 44.6 Å². The fraction of sp³-hybridized carbons (Fsp3) is 0.526. The summed E-state index contributed by atoms with van der Waals surface area (Å²) in [7, 11) is -1.99.